The van der Waals surface area contributed by atoms with Gasteiger partial charge in [0.1, 0.15) is 18.3 Å². The van der Waals surface area contributed by atoms with E-state index in [2.05, 4.69) is 48.9 Å². The van der Waals surface area contributed by atoms with Gasteiger partial charge in [0, 0.05) is 87.1 Å². The topological polar surface area (TPSA) is 336 Å². The number of hydrogen-bond donors (Lipinski definition) is 6. The number of aliphatic carboxylic acids is 1. The maximum Gasteiger partial charge on any atom is 0.305 e. The number of hydrogen-bond acceptors (Lipinski definition) is 24. The Bertz CT molecular complexity index is 3450. The summed E-state index contributed by atoms with van der Waals surface area (Å²) in [6.07, 6.45) is 13.6. The van der Waals surface area contributed by atoms with E-state index in [1.54, 1.807) is 24.9 Å². The van der Waals surface area contributed by atoms with Gasteiger partial charge in [-0.15, -0.1) is 6.42 Å². The van der Waals surface area contributed by atoms with Crippen LogP contribution in [0.1, 0.15) is 69.5 Å². The van der Waals surface area contributed by atoms with E-state index < -0.39 is 48.3 Å². The highest BCUT2D eigenvalue weighted by atomic mass is 16.6. The van der Waals surface area contributed by atoms with Gasteiger partial charge in [0.2, 0.25) is 23.7 Å². The van der Waals surface area contributed by atoms with Crippen molar-refractivity contribution >= 4 is 51.4 Å². The van der Waals surface area contributed by atoms with E-state index in [-0.39, 0.29) is 56.8 Å². The highest BCUT2D eigenvalue weighted by molar-refractivity contribution is 5.98. The number of H-pyrrole nitrogens is 1. The smallest absolute Gasteiger partial charge is 0.305 e. The summed E-state index contributed by atoms with van der Waals surface area (Å²) in [7, 11) is 3.36. The molecule has 3 aliphatic rings. The number of carboxylic acids is 1. The zero-order valence-electron chi connectivity index (χ0n) is 60.7. The van der Waals surface area contributed by atoms with Gasteiger partial charge in [0.15, 0.2) is 5.60 Å². The second-order valence-corrected chi connectivity index (χ2v) is 25.7. The lowest BCUT2D eigenvalue weighted by Gasteiger charge is -2.45. The number of aromatic nitrogens is 4. The molecule has 5 aromatic rings. The maximum absolute atomic E-state index is 13.4. The molecule has 3 amide bonds. The van der Waals surface area contributed by atoms with E-state index >= 15 is 0 Å². The third-order valence-corrected chi connectivity index (χ3v) is 17.9. The first-order valence-electron chi connectivity index (χ1n) is 36.2. The molecular formula is C74H108N10O20. The fourth-order valence-electron chi connectivity index (χ4n) is 12.0. The lowest BCUT2D eigenvalue weighted by molar-refractivity contribution is -0.140. The number of terminal acetylenes is 1. The van der Waals surface area contributed by atoms with Crippen molar-refractivity contribution in [3.63, 3.8) is 0 Å². The van der Waals surface area contributed by atoms with Gasteiger partial charge in [-0.2, -0.15) is 0 Å². The Morgan fingerprint density at radius 3 is 1.75 bits per heavy atom. The van der Waals surface area contributed by atoms with Crippen LogP contribution in [0.25, 0.3) is 32.9 Å². The van der Waals surface area contributed by atoms with Crippen LogP contribution >= 0.6 is 0 Å². The normalized spacial score (nSPS) is 15.8. The van der Waals surface area contributed by atoms with Crippen molar-refractivity contribution in [3.8, 4) is 23.5 Å². The number of aromatic amines is 1. The number of aryl methyl sites for hydroxylation is 1. The molecule has 104 heavy (non-hydrogen) atoms. The summed E-state index contributed by atoms with van der Waals surface area (Å²) in [6, 6.07) is 16.6. The number of likely N-dealkylation sites (tertiary alicyclic amines) is 1. The van der Waals surface area contributed by atoms with Crippen molar-refractivity contribution in [2.24, 2.45) is 7.05 Å². The van der Waals surface area contributed by atoms with E-state index in [0.717, 1.165) is 86.8 Å². The molecule has 0 spiro atoms. The monoisotopic (exact) mass is 1460 g/mol. The fraction of sp³-hybridized carbons (Fsp3) is 0.635. The quantitative estimate of drug-likeness (QED) is 0.0185. The summed E-state index contributed by atoms with van der Waals surface area (Å²) in [5.41, 5.74) is 2.66. The minimum atomic E-state index is -1.48. The number of nitrogens with zero attached hydrogens (tertiary/aromatic N) is 5. The number of rotatable bonds is 55. The summed E-state index contributed by atoms with van der Waals surface area (Å²) < 4.78 is 80.6. The SMILES string of the molecule is C#CCNC1(C)CCN(C2CCN(c3nc([C@@](COCNC(=O)CNC(=O)[C@H](CC(=O)O)NC(=O)CCOCCOCCOCCOCCOCCOCCOCCOCCOCCOCCOCCOC)(OC4CC4)c4ccccc4)c4cc(-c5cn(C)c(=O)c6[nH]ccc56)ccc4n3)CC2)CC1. The Labute approximate surface area is 608 Å². The average molecular weight is 1460 g/mol. The summed E-state index contributed by atoms with van der Waals surface area (Å²) >= 11 is 0. The van der Waals surface area contributed by atoms with Gasteiger partial charge in [-0.25, -0.2) is 9.97 Å². The predicted molar refractivity (Wildman–Crippen MR) is 386 cm³/mol. The molecular weight excluding hydrogens is 1350 g/mol. The molecule has 2 atom stereocenters. The first kappa shape index (κ1) is 82.5. The number of nitrogens with one attached hydrogen (secondary N) is 5. The third-order valence-electron chi connectivity index (χ3n) is 17.9. The standard InChI is InChI=1S/C74H108N10O20/c1-5-21-78-73(2)19-25-83(26-20-73)58-16-23-84(24-17-58)72-80-63-14-11-56(62-53-82(3)71(90)68-60(62)15-22-75-68)50-61(63)69(81-72)74(104-59-12-13-59,57-9-7-6-8-10-57)54-103-55-77-66(86)52-76-70(89)64(51-67(87)88)79-65(85)18-27-92-30-31-94-34-35-96-38-39-98-42-43-100-46-47-102-49-48-101-45-44-99-41-40-97-37-36-95-33-32-93-29-28-91-4/h1,6-11,14-15,22,50,53,58-59,64,75,78H,12-13,16-21,23-49,51-52,54-55H2,2-4H3,(H,76,89)(H,77,86)(H,79,85)(H,87,88)/t64-,74-/m0/s1. The Morgan fingerprint density at radius 2 is 1.22 bits per heavy atom. The van der Waals surface area contributed by atoms with Crippen molar-refractivity contribution in [3.05, 3.63) is 88.6 Å². The molecule has 0 bridgehead atoms. The lowest BCUT2D eigenvalue weighted by Crippen LogP contribution is -2.55. The third kappa shape index (κ3) is 28.0. The van der Waals surface area contributed by atoms with Gasteiger partial charge >= 0.3 is 5.97 Å². The molecule has 1 saturated carbocycles. The number of methoxy groups -OCH3 is 1. The van der Waals surface area contributed by atoms with Crippen LogP contribution in [-0.2, 0) is 98.1 Å². The Hall–Kier alpha value is -7.13. The van der Waals surface area contributed by atoms with E-state index in [9.17, 15) is 29.1 Å². The number of ether oxygens (including phenoxy) is 14. The fourth-order valence-corrected chi connectivity index (χ4v) is 12.0. The minimum absolute atomic E-state index is 0.0146. The molecule has 8 rings (SSSR count). The summed E-state index contributed by atoms with van der Waals surface area (Å²) in [5.74, 6) is -0.185. The van der Waals surface area contributed by atoms with Crippen LogP contribution in [0.3, 0.4) is 0 Å². The number of carbonyl (C=O) groups is 4. The Morgan fingerprint density at radius 1 is 0.673 bits per heavy atom. The number of piperidine rings is 2. The second-order valence-electron chi connectivity index (χ2n) is 25.7. The predicted octanol–water partition coefficient (Wildman–Crippen LogP) is 3.33. The van der Waals surface area contributed by atoms with Crippen LogP contribution in [0.5, 0.6) is 0 Å². The molecule has 2 aliphatic heterocycles. The van der Waals surface area contributed by atoms with Crippen molar-refractivity contribution in [1.29, 1.82) is 0 Å². The molecule has 3 fully saturated rings. The van der Waals surface area contributed by atoms with Gasteiger partial charge in [-0.3, -0.25) is 24.0 Å². The van der Waals surface area contributed by atoms with Crippen LogP contribution in [0, 0.1) is 12.3 Å². The number of carboxylic acid groups (broad SMARTS) is 1. The first-order chi connectivity index (χ1) is 50.8. The van der Waals surface area contributed by atoms with Crippen molar-refractivity contribution in [2.75, 3.05) is 217 Å². The second kappa shape index (κ2) is 46.1. The van der Waals surface area contributed by atoms with E-state index in [4.69, 9.17) is 82.7 Å². The number of anilines is 1. The number of benzene rings is 2. The Kier molecular flexibility index (Phi) is 36.5. The van der Waals surface area contributed by atoms with Gasteiger partial charge in [-0.05, 0) is 74.8 Å². The number of fused-ring (bicyclic) bond motifs is 2. The summed E-state index contributed by atoms with van der Waals surface area (Å²) in [4.78, 5) is 83.6. The molecule has 0 radical (unpaired) electrons. The highest BCUT2D eigenvalue weighted by Gasteiger charge is 2.45. The summed E-state index contributed by atoms with van der Waals surface area (Å²) in [5, 5.41) is 22.3. The molecule has 3 aromatic heterocycles. The zero-order chi connectivity index (χ0) is 73.5. The molecule has 1 aliphatic carbocycles. The number of amides is 3. The molecule has 2 aromatic carbocycles. The molecule has 0 unspecified atom stereocenters. The zero-order valence-corrected chi connectivity index (χ0v) is 60.7. The van der Waals surface area contributed by atoms with Crippen LogP contribution in [0.15, 0.2) is 71.8 Å². The van der Waals surface area contributed by atoms with Crippen LogP contribution < -0.4 is 31.7 Å². The molecule has 5 heterocycles. The van der Waals surface area contributed by atoms with Crippen molar-refractivity contribution < 1.29 is 90.6 Å². The first-order valence-corrected chi connectivity index (χ1v) is 36.2. The van der Waals surface area contributed by atoms with Crippen molar-refractivity contribution in [1.82, 2.24) is 45.7 Å². The number of carbonyl (C=O) groups excluding carboxylic acids is 3. The van der Waals surface area contributed by atoms with E-state index in [1.165, 1.54) is 0 Å². The highest BCUT2D eigenvalue weighted by Crippen LogP contribution is 2.44. The maximum atomic E-state index is 13.4. The van der Waals surface area contributed by atoms with Crippen LogP contribution in [-0.4, -0.2) is 289 Å². The van der Waals surface area contributed by atoms with Gasteiger partial charge in [0.25, 0.3) is 5.56 Å². The van der Waals surface area contributed by atoms with Gasteiger partial charge in [0.05, 0.1) is 195 Å². The summed E-state index contributed by atoms with van der Waals surface area (Å²) in [6.45, 7) is 14.7. The number of pyridine rings is 1. The van der Waals surface area contributed by atoms with Crippen LogP contribution in [0.4, 0.5) is 5.95 Å². The van der Waals surface area contributed by atoms with E-state index in [1.807, 2.05) is 60.8 Å². The van der Waals surface area contributed by atoms with Crippen molar-refractivity contribution in [2.45, 2.75) is 87.6 Å². The van der Waals surface area contributed by atoms with Gasteiger partial charge < -0.3 is 112 Å². The van der Waals surface area contributed by atoms with Crippen LogP contribution in [0.2, 0.25) is 0 Å². The minimum Gasteiger partial charge on any atom is -0.481 e. The van der Waals surface area contributed by atoms with E-state index in [0.29, 0.717) is 173 Å². The largest absolute Gasteiger partial charge is 0.481 e. The molecule has 30 heteroatoms. The molecule has 2 saturated heterocycles. The molecule has 6 N–H and O–H groups in total. The average Bonchev–Trinajstić information content (AvgIpc) is 1.05. The lowest BCUT2D eigenvalue weighted by atomic mass is 9.87. The Balaban J connectivity index is 0.718. The molecule has 30 nitrogen and oxygen atoms in total. The molecule has 574 valence electrons. The van der Waals surface area contributed by atoms with Gasteiger partial charge in [-0.1, -0.05) is 42.3 Å².